The number of pyridine rings is 1. The van der Waals surface area contributed by atoms with E-state index in [9.17, 15) is 10.1 Å². The van der Waals surface area contributed by atoms with E-state index in [1.54, 1.807) is 25.4 Å². The van der Waals surface area contributed by atoms with Gasteiger partial charge in [-0.15, -0.1) is 0 Å². The van der Waals surface area contributed by atoms with Crippen LogP contribution in [0.4, 0.5) is 17.5 Å². The molecule has 0 atom stereocenters. The summed E-state index contributed by atoms with van der Waals surface area (Å²) in [6.45, 7) is 0.406. The predicted molar refractivity (Wildman–Crippen MR) is 95.2 cm³/mol. The Labute approximate surface area is 144 Å². The van der Waals surface area contributed by atoms with Gasteiger partial charge in [0, 0.05) is 38.0 Å². The highest BCUT2D eigenvalue weighted by Gasteiger charge is 2.08. The topological polar surface area (TPSA) is 106 Å². The molecule has 0 spiro atoms. The minimum atomic E-state index is -0.410. The highest BCUT2D eigenvalue weighted by molar-refractivity contribution is 5.60. The second kappa shape index (κ2) is 7.35. The summed E-state index contributed by atoms with van der Waals surface area (Å²) < 4.78 is 0. The second-order valence-corrected chi connectivity index (χ2v) is 5.21. The zero-order valence-electron chi connectivity index (χ0n) is 13.5. The molecule has 25 heavy (non-hydrogen) atoms. The number of rotatable bonds is 6. The molecular formula is C17H16N6O2. The Hall–Kier alpha value is -3.55. The fourth-order valence-corrected chi connectivity index (χ4v) is 2.27. The quantitative estimate of drug-likeness (QED) is 0.526. The molecule has 126 valence electrons. The molecule has 3 rings (SSSR count). The number of non-ortho nitro benzene ring substituents is 1. The molecule has 0 saturated heterocycles. The van der Waals surface area contributed by atoms with E-state index in [2.05, 4.69) is 25.6 Å². The van der Waals surface area contributed by atoms with E-state index < -0.39 is 4.92 Å². The summed E-state index contributed by atoms with van der Waals surface area (Å²) in [5, 5.41) is 17.0. The smallest absolute Gasteiger partial charge is 0.269 e. The SMILES string of the molecule is CNc1nc(NCc2cccc([N+](=O)[O-])c2)cc(-c2ccccn2)n1. The molecule has 2 N–H and O–H groups in total. The van der Waals surface area contributed by atoms with Crippen LogP contribution in [0.15, 0.2) is 54.7 Å². The van der Waals surface area contributed by atoms with Gasteiger partial charge in [0.15, 0.2) is 0 Å². The van der Waals surface area contributed by atoms with Gasteiger partial charge in [-0.1, -0.05) is 18.2 Å². The van der Waals surface area contributed by atoms with E-state index in [1.807, 2.05) is 24.3 Å². The summed E-state index contributed by atoms with van der Waals surface area (Å²) in [4.78, 5) is 23.5. The lowest BCUT2D eigenvalue weighted by Gasteiger charge is -2.09. The summed E-state index contributed by atoms with van der Waals surface area (Å²) in [5.41, 5.74) is 2.27. The fraction of sp³-hybridized carbons (Fsp3) is 0.118. The molecule has 0 aliphatic heterocycles. The van der Waals surface area contributed by atoms with Crippen molar-refractivity contribution in [2.24, 2.45) is 0 Å². The van der Waals surface area contributed by atoms with Crippen molar-refractivity contribution < 1.29 is 4.92 Å². The average Bonchev–Trinajstić information content (AvgIpc) is 2.67. The molecule has 8 nitrogen and oxygen atoms in total. The first-order valence-electron chi connectivity index (χ1n) is 7.61. The van der Waals surface area contributed by atoms with Crippen molar-refractivity contribution in [2.75, 3.05) is 17.7 Å². The van der Waals surface area contributed by atoms with Crippen LogP contribution < -0.4 is 10.6 Å². The van der Waals surface area contributed by atoms with Gasteiger partial charge >= 0.3 is 0 Å². The maximum absolute atomic E-state index is 10.9. The van der Waals surface area contributed by atoms with Gasteiger partial charge in [-0.2, -0.15) is 4.98 Å². The molecule has 0 radical (unpaired) electrons. The fourth-order valence-electron chi connectivity index (χ4n) is 2.27. The number of aromatic nitrogens is 3. The monoisotopic (exact) mass is 336 g/mol. The molecule has 0 amide bonds. The third-order valence-electron chi connectivity index (χ3n) is 3.47. The number of hydrogen-bond acceptors (Lipinski definition) is 7. The van der Waals surface area contributed by atoms with Crippen LogP contribution >= 0.6 is 0 Å². The zero-order valence-corrected chi connectivity index (χ0v) is 13.5. The first-order valence-corrected chi connectivity index (χ1v) is 7.61. The van der Waals surface area contributed by atoms with Gasteiger partial charge in [0.2, 0.25) is 5.95 Å². The number of nitrogens with zero attached hydrogens (tertiary/aromatic N) is 4. The number of benzene rings is 1. The molecule has 1 aromatic carbocycles. The van der Waals surface area contributed by atoms with Crippen LogP contribution in [0.2, 0.25) is 0 Å². The Morgan fingerprint density at radius 1 is 1.08 bits per heavy atom. The van der Waals surface area contributed by atoms with Crippen LogP contribution in [0.5, 0.6) is 0 Å². The molecule has 2 aromatic heterocycles. The Balaban J connectivity index is 1.83. The van der Waals surface area contributed by atoms with Crippen molar-refractivity contribution in [3.05, 3.63) is 70.4 Å². The number of nitro benzene ring substituents is 1. The molecule has 0 aliphatic carbocycles. The lowest BCUT2D eigenvalue weighted by Crippen LogP contribution is -2.06. The van der Waals surface area contributed by atoms with Crippen LogP contribution in [-0.4, -0.2) is 26.9 Å². The van der Waals surface area contributed by atoms with Crippen LogP contribution in [0.25, 0.3) is 11.4 Å². The van der Waals surface area contributed by atoms with Crippen molar-refractivity contribution in [3.8, 4) is 11.4 Å². The molecule has 2 heterocycles. The van der Waals surface area contributed by atoms with Gasteiger partial charge < -0.3 is 10.6 Å². The van der Waals surface area contributed by atoms with Crippen LogP contribution in [-0.2, 0) is 6.54 Å². The normalized spacial score (nSPS) is 10.3. The van der Waals surface area contributed by atoms with Crippen LogP contribution in [0.1, 0.15) is 5.56 Å². The van der Waals surface area contributed by atoms with Crippen LogP contribution in [0, 0.1) is 10.1 Å². The number of nitro groups is 1. The van der Waals surface area contributed by atoms with E-state index >= 15 is 0 Å². The summed E-state index contributed by atoms with van der Waals surface area (Å²) in [6, 6.07) is 13.9. The largest absolute Gasteiger partial charge is 0.366 e. The predicted octanol–water partition coefficient (Wildman–Crippen LogP) is 3.10. The van der Waals surface area contributed by atoms with E-state index in [4.69, 9.17) is 0 Å². The minimum absolute atomic E-state index is 0.0621. The molecular weight excluding hydrogens is 320 g/mol. The molecule has 0 saturated carbocycles. The lowest BCUT2D eigenvalue weighted by atomic mass is 10.2. The molecule has 0 fully saturated rings. The third kappa shape index (κ3) is 4.05. The highest BCUT2D eigenvalue weighted by atomic mass is 16.6. The molecule has 3 aromatic rings. The molecule has 0 unspecified atom stereocenters. The Morgan fingerprint density at radius 2 is 1.96 bits per heavy atom. The van der Waals surface area contributed by atoms with Gasteiger partial charge in [-0.25, -0.2) is 4.98 Å². The Morgan fingerprint density at radius 3 is 2.68 bits per heavy atom. The van der Waals surface area contributed by atoms with Crippen molar-refractivity contribution >= 4 is 17.5 Å². The Bertz CT molecular complexity index is 885. The van der Waals surface area contributed by atoms with E-state index in [0.717, 1.165) is 11.3 Å². The van der Waals surface area contributed by atoms with Gasteiger partial charge in [0.25, 0.3) is 5.69 Å². The van der Waals surface area contributed by atoms with Gasteiger partial charge in [0.05, 0.1) is 16.3 Å². The summed E-state index contributed by atoms with van der Waals surface area (Å²) in [7, 11) is 1.74. The highest BCUT2D eigenvalue weighted by Crippen LogP contribution is 2.20. The second-order valence-electron chi connectivity index (χ2n) is 5.21. The van der Waals surface area contributed by atoms with Crippen LogP contribution in [0.3, 0.4) is 0 Å². The van der Waals surface area contributed by atoms with Crippen molar-refractivity contribution in [1.29, 1.82) is 0 Å². The first kappa shape index (κ1) is 16.3. The Kier molecular flexibility index (Phi) is 4.79. The minimum Gasteiger partial charge on any atom is -0.366 e. The number of hydrogen-bond donors (Lipinski definition) is 2. The van der Waals surface area contributed by atoms with Gasteiger partial charge in [-0.05, 0) is 17.7 Å². The molecule has 0 aliphatic rings. The van der Waals surface area contributed by atoms with Crippen molar-refractivity contribution in [2.45, 2.75) is 6.54 Å². The van der Waals surface area contributed by atoms with E-state index in [0.29, 0.717) is 24.0 Å². The maximum atomic E-state index is 10.9. The summed E-state index contributed by atoms with van der Waals surface area (Å²) in [6.07, 6.45) is 1.70. The number of anilines is 2. The van der Waals surface area contributed by atoms with Gasteiger partial charge in [-0.3, -0.25) is 15.1 Å². The first-order chi connectivity index (χ1) is 12.2. The average molecular weight is 336 g/mol. The van der Waals surface area contributed by atoms with Gasteiger partial charge in [0.1, 0.15) is 5.82 Å². The summed E-state index contributed by atoms with van der Waals surface area (Å²) >= 11 is 0. The zero-order chi connectivity index (χ0) is 17.6. The van der Waals surface area contributed by atoms with E-state index in [1.165, 1.54) is 12.1 Å². The molecule has 8 heteroatoms. The number of nitrogens with one attached hydrogen (secondary N) is 2. The molecule has 0 bridgehead atoms. The maximum Gasteiger partial charge on any atom is 0.269 e. The van der Waals surface area contributed by atoms with E-state index in [-0.39, 0.29) is 5.69 Å². The van der Waals surface area contributed by atoms with Crippen molar-refractivity contribution in [3.63, 3.8) is 0 Å². The van der Waals surface area contributed by atoms with Crippen molar-refractivity contribution in [1.82, 2.24) is 15.0 Å². The third-order valence-corrected chi connectivity index (χ3v) is 3.47. The standard InChI is InChI=1S/C17H16N6O2/c1-18-17-21-15(14-7-2-3-8-19-14)10-16(22-17)20-11-12-5-4-6-13(9-12)23(24)25/h2-10H,11H2,1H3,(H2,18,20,21,22). The summed E-state index contributed by atoms with van der Waals surface area (Å²) in [5.74, 6) is 1.07. The lowest BCUT2D eigenvalue weighted by molar-refractivity contribution is -0.384.